The van der Waals surface area contributed by atoms with E-state index in [1.54, 1.807) is 6.33 Å². The van der Waals surface area contributed by atoms with E-state index in [1.165, 1.54) is 76.1 Å². The van der Waals surface area contributed by atoms with Crippen molar-refractivity contribution in [1.82, 2.24) is 24.8 Å². The van der Waals surface area contributed by atoms with Gasteiger partial charge >= 0.3 is 0 Å². The van der Waals surface area contributed by atoms with E-state index >= 15 is 0 Å². The molecule has 4 heterocycles. The number of rotatable bonds is 9. The molecule has 1 aliphatic heterocycles. The molecule has 0 amide bonds. The third kappa shape index (κ3) is 7.94. The SMILES string of the molecule is C=C(Nc1ccc(-c2cc3c(N(C)C4CCCCCC4)ncnc3[nH]2)cc1)c1cc(CN2CCCC2)ccn1.C=CC(=C)N. The normalized spacial score (nSPS) is 15.7. The van der Waals surface area contributed by atoms with Crippen LogP contribution in [-0.2, 0) is 6.54 Å². The molecule has 0 unspecified atom stereocenters. The number of nitrogens with zero attached hydrogens (tertiary/aromatic N) is 5. The van der Waals surface area contributed by atoms with Gasteiger partial charge in [-0.1, -0.05) is 57.6 Å². The van der Waals surface area contributed by atoms with Gasteiger partial charge in [0.15, 0.2) is 0 Å². The molecule has 8 nitrogen and oxygen atoms in total. The van der Waals surface area contributed by atoms with Gasteiger partial charge in [-0.25, -0.2) is 9.97 Å². The van der Waals surface area contributed by atoms with E-state index in [9.17, 15) is 0 Å². The lowest BCUT2D eigenvalue weighted by molar-refractivity contribution is 0.331. The number of hydrogen-bond donors (Lipinski definition) is 3. The molecule has 1 aromatic carbocycles. The van der Waals surface area contributed by atoms with Crippen molar-refractivity contribution in [2.75, 3.05) is 30.4 Å². The Hall–Kier alpha value is -4.43. The third-order valence-electron chi connectivity index (χ3n) is 8.60. The van der Waals surface area contributed by atoms with Crippen LogP contribution in [0.5, 0.6) is 0 Å². The minimum Gasteiger partial charge on any atom is -0.399 e. The Labute approximate surface area is 261 Å². The highest BCUT2D eigenvalue weighted by atomic mass is 15.2. The van der Waals surface area contributed by atoms with Gasteiger partial charge in [-0.3, -0.25) is 9.88 Å². The molecular formula is C36H46N8. The van der Waals surface area contributed by atoms with Crippen molar-refractivity contribution in [3.8, 4) is 11.3 Å². The fourth-order valence-electron chi connectivity index (χ4n) is 6.09. The van der Waals surface area contributed by atoms with E-state index in [-0.39, 0.29) is 0 Å². The zero-order valence-corrected chi connectivity index (χ0v) is 26.1. The second-order valence-electron chi connectivity index (χ2n) is 11.9. The summed E-state index contributed by atoms with van der Waals surface area (Å²) >= 11 is 0. The number of aromatic amines is 1. The highest BCUT2D eigenvalue weighted by Crippen LogP contribution is 2.32. The monoisotopic (exact) mass is 590 g/mol. The van der Waals surface area contributed by atoms with Crippen LogP contribution < -0.4 is 16.0 Å². The topological polar surface area (TPSA) is 99.0 Å². The second kappa shape index (κ2) is 14.8. The first-order valence-electron chi connectivity index (χ1n) is 15.8. The summed E-state index contributed by atoms with van der Waals surface area (Å²) in [6.45, 7) is 14.3. The number of nitrogens with one attached hydrogen (secondary N) is 2. The van der Waals surface area contributed by atoms with Gasteiger partial charge in [0, 0.05) is 42.9 Å². The van der Waals surface area contributed by atoms with E-state index in [4.69, 9.17) is 10.7 Å². The Morgan fingerprint density at radius 2 is 1.70 bits per heavy atom. The molecule has 4 aromatic rings. The summed E-state index contributed by atoms with van der Waals surface area (Å²) in [5.41, 5.74) is 12.5. The Bertz CT molecular complexity index is 1560. The molecule has 2 aliphatic rings. The van der Waals surface area contributed by atoms with Gasteiger partial charge in [0.1, 0.15) is 17.8 Å². The molecule has 44 heavy (non-hydrogen) atoms. The largest absolute Gasteiger partial charge is 0.399 e. The number of H-pyrrole nitrogens is 1. The summed E-state index contributed by atoms with van der Waals surface area (Å²) in [4.78, 5) is 22.2. The van der Waals surface area contributed by atoms with E-state index in [0.29, 0.717) is 11.7 Å². The summed E-state index contributed by atoms with van der Waals surface area (Å²) in [7, 11) is 2.19. The minimum atomic E-state index is 0.519. The summed E-state index contributed by atoms with van der Waals surface area (Å²) in [5.74, 6) is 1.02. The Balaban J connectivity index is 0.000000712. The zero-order chi connectivity index (χ0) is 30.9. The van der Waals surface area contributed by atoms with Crippen LogP contribution in [0.25, 0.3) is 28.0 Å². The van der Waals surface area contributed by atoms with E-state index in [0.717, 1.165) is 51.7 Å². The number of nitrogens with two attached hydrogens (primary N) is 1. The molecule has 0 radical (unpaired) electrons. The molecule has 0 atom stereocenters. The zero-order valence-electron chi connectivity index (χ0n) is 26.1. The van der Waals surface area contributed by atoms with Crippen molar-refractivity contribution in [3.05, 3.63) is 97.8 Å². The Morgan fingerprint density at radius 1 is 1.00 bits per heavy atom. The summed E-state index contributed by atoms with van der Waals surface area (Å²) in [6.07, 6.45) is 15.4. The molecule has 230 valence electrons. The van der Waals surface area contributed by atoms with Crippen molar-refractivity contribution in [1.29, 1.82) is 0 Å². The van der Waals surface area contributed by atoms with Crippen molar-refractivity contribution in [3.63, 3.8) is 0 Å². The first kappa shape index (κ1) is 31.0. The number of hydrogen-bond acceptors (Lipinski definition) is 7. The van der Waals surface area contributed by atoms with Gasteiger partial charge in [0.2, 0.25) is 0 Å². The first-order chi connectivity index (χ1) is 21.4. The molecule has 1 aliphatic carbocycles. The van der Waals surface area contributed by atoms with Gasteiger partial charge in [-0.15, -0.1) is 0 Å². The van der Waals surface area contributed by atoms with Crippen LogP contribution in [0.4, 0.5) is 11.5 Å². The van der Waals surface area contributed by atoms with Gasteiger partial charge in [-0.05, 0) is 86.3 Å². The van der Waals surface area contributed by atoms with Crippen LogP contribution in [0.1, 0.15) is 62.6 Å². The molecule has 1 saturated heterocycles. The summed E-state index contributed by atoms with van der Waals surface area (Å²) in [6, 6.07) is 15.4. The fourth-order valence-corrected chi connectivity index (χ4v) is 6.09. The van der Waals surface area contributed by atoms with Crippen molar-refractivity contribution in [2.45, 2.75) is 64.0 Å². The maximum Gasteiger partial charge on any atom is 0.143 e. The van der Waals surface area contributed by atoms with Crippen LogP contribution in [0, 0.1) is 0 Å². The maximum atomic E-state index is 4.98. The average molecular weight is 591 g/mol. The van der Waals surface area contributed by atoms with Crippen LogP contribution >= 0.6 is 0 Å². The van der Waals surface area contributed by atoms with Gasteiger partial charge < -0.3 is 20.9 Å². The van der Waals surface area contributed by atoms with E-state index in [2.05, 4.69) is 99.3 Å². The van der Waals surface area contributed by atoms with Crippen molar-refractivity contribution < 1.29 is 0 Å². The second-order valence-corrected chi connectivity index (χ2v) is 11.9. The highest BCUT2D eigenvalue weighted by molar-refractivity contribution is 5.92. The van der Waals surface area contributed by atoms with Gasteiger partial charge in [0.05, 0.1) is 16.8 Å². The maximum absolute atomic E-state index is 4.98. The number of aromatic nitrogens is 4. The Kier molecular flexibility index (Phi) is 10.5. The third-order valence-corrected chi connectivity index (χ3v) is 8.60. The predicted molar refractivity (Wildman–Crippen MR) is 184 cm³/mol. The lowest BCUT2D eigenvalue weighted by Gasteiger charge is -2.28. The van der Waals surface area contributed by atoms with Crippen LogP contribution in [0.15, 0.2) is 86.5 Å². The molecule has 1 saturated carbocycles. The number of anilines is 2. The van der Waals surface area contributed by atoms with Gasteiger partial charge in [-0.2, -0.15) is 0 Å². The van der Waals surface area contributed by atoms with Crippen LogP contribution in [-0.4, -0.2) is 51.0 Å². The summed E-state index contributed by atoms with van der Waals surface area (Å²) < 4.78 is 0. The standard InChI is InChI=1S/C32H39N7.C4H7N/c1-23(29-19-24(15-16-33-29)21-39-17-7-8-18-39)36-26-13-11-25(12-14-26)30-20-28-31(37-30)34-22-35-32(28)38(2)27-9-5-3-4-6-10-27;1-3-4(2)5/h11-16,19-20,22,27,36H,1,3-10,17-18,21H2,2H3,(H,34,35,37);3H,1-2,5H2. The van der Waals surface area contributed by atoms with Gasteiger partial charge in [0.25, 0.3) is 0 Å². The van der Waals surface area contributed by atoms with E-state index < -0.39 is 0 Å². The smallest absolute Gasteiger partial charge is 0.143 e. The molecule has 4 N–H and O–H groups in total. The average Bonchev–Trinajstić information content (AvgIpc) is 3.64. The van der Waals surface area contributed by atoms with Crippen LogP contribution in [0.3, 0.4) is 0 Å². The molecule has 2 fully saturated rings. The lowest BCUT2D eigenvalue weighted by Crippen LogP contribution is -2.31. The van der Waals surface area contributed by atoms with Crippen molar-refractivity contribution >= 4 is 28.2 Å². The fraction of sp³-hybridized carbons (Fsp3) is 0.361. The van der Waals surface area contributed by atoms with Crippen LogP contribution in [0.2, 0.25) is 0 Å². The lowest BCUT2D eigenvalue weighted by atomic mass is 10.1. The molecule has 8 heteroatoms. The van der Waals surface area contributed by atoms with Crippen molar-refractivity contribution in [2.24, 2.45) is 5.73 Å². The first-order valence-corrected chi connectivity index (χ1v) is 15.8. The van der Waals surface area contributed by atoms with E-state index in [1.807, 2.05) is 6.20 Å². The molecule has 0 bridgehead atoms. The number of allylic oxidation sites excluding steroid dienone is 1. The highest BCUT2D eigenvalue weighted by Gasteiger charge is 2.21. The number of likely N-dealkylation sites (tertiary alicyclic amines) is 1. The molecular weight excluding hydrogens is 544 g/mol. The summed E-state index contributed by atoms with van der Waals surface area (Å²) in [5, 5.41) is 4.52. The molecule has 3 aromatic heterocycles. The number of fused-ring (bicyclic) bond motifs is 1. The Morgan fingerprint density at radius 3 is 2.39 bits per heavy atom. The predicted octanol–water partition coefficient (Wildman–Crippen LogP) is 7.50. The minimum absolute atomic E-state index is 0.519. The quantitative estimate of drug-likeness (QED) is 0.137. The number of benzene rings is 1. The molecule has 0 spiro atoms. The number of pyridine rings is 1. The molecule has 6 rings (SSSR count).